The number of fused-ring (bicyclic) bond motifs is 6. The second kappa shape index (κ2) is 11.7. The van der Waals surface area contributed by atoms with Gasteiger partial charge in [-0.1, -0.05) is 31.1 Å². The number of carbonyl (C=O) groups is 1. The van der Waals surface area contributed by atoms with E-state index in [1.807, 2.05) is 64.1 Å². The minimum absolute atomic E-state index is 0.0250. The first-order valence-corrected chi connectivity index (χ1v) is 15.2. The van der Waals surface area contributed by atoms with Gasteiger partial charge in [-0.05, 0) is 61.4 Å². The van der Waals surface area contributed by atoms with Crippen molar-refractivity contribution in [3.05, 3.63) is 104 Å². The fourth-order valence-corrected chi connectivity index (χ4v) is 6.66. The first-order valence-electron chi connectivity index (χ1n) is 15.2. The van der Waals surface area contributed by atoms with E-state index in [0.29, 0.717) is 18.8 Å². The molecule has 46 heavy (non-hydrogen) atoms. The Morgan fingerprint density at radius 3 is 1.41 bits per heavy atom. The molecule has 234 valence electrons. The third-order valence-corrected chi connectivity index (χ3v) is 8.97. The van der Waals surface area contributed by atoms with E-state index in [1.165, 1.54) is 19.1 Å². The van der Waals surface area contributed by atoms with Crippen molar-refractivity contribution < 1.29 is 19.5 Å². The Hall–Kier alpha value is -5.58. The van der Waals surface area contributed by atoms with E-state index in [9.17, 15) is 25.0 Å². The summed E-state index contributed by atoms with van der Waals surface area (Å²) in [6, 6.07) is 22.0. The minimum atomic E-state index is -0.542. The number of non-ortho nitro benzene ring substituents is 2. The van der Waals surface area contributed by atoms with Gasteiger partial charge in [-0.3, -0.25) is 20.2 Å². The number of oxime groups is 1. The normalized spacial score (nSPS) is 12.9. The number of rotatable bonds is 9. The van der Waals surface area contributed by atoms with Crippen LogP contribution in [0.5, 0.6) is 0 Å². The Labute approximate surface area is 263 Å². The molecule has 4 aromatic carbocycles. The maximum atomic E-state index is 11.9. The summed E-state index contributed by atoms with van der Waals surface area (Å²) in [5, 5.41) is 30.9. The number of aryl methyl sites for hydroxylation is 2. The molecule has 11 heteroatoms. The molecular formula is C35H33N5O6. The van der Waals surface area contributed by atoms with Gasteiger partial charge in [0.25, 0.3) is 11.4 Å². The molecule has 0 fully saturated rings. The summed E-state index contributed by atoms with van der Waals surface area (Å²) in [4.78, 5) is 39.5. The fraction of sp³-hybridized carbons (Fsp3) is 0.257. The lowest BCUT2D eigenvalue weighted by Crippen LogP contribution is -2.18. The van der Waals surface area contributed by atoms with Crippen molar-refractivity contribution >= 4 is 66.7 Å². The highest BCUT2D eigenvalue weighted by Gasteiger charge is 2.25. The third kappa shape index (κ3) is 5.03. The molecule has 6 rings (SSSR count). The van der Waals surface area contributed by atoms with Crippen LogP contribution in [-0.2, 0) is 22.7 Å². The number of nitro benzene ring substituents is 2. The monoisotopic (exact) mass is 619 g/mol. The molecule has 0 aliphatic carbocycles. The average Bonchev–Trinajstić information content (AvgIpc) is 3.54. The molecule has 0 amide bonds. The van der Waals surface area contributed by atoms with E-state index in [4.69, 9.17) is 4.84 Å². The van der Waals surface area contributed by atoms with Crippen molar-refractivity contribution in [2.75, 3.05) is 0 Å². The number of aromatic nitrogens is 2. The maximum Gasteiger partial charge on any atom is 0.331 e. The van der Waals surface area contributed by atoms with Gasteiger partial charge in [0.2, 0.25) is 0 Å². The first kappa shape index (κ1) is 30.4. The highest BCUT2D eigenvalue weighted by atomic mass is 16.7. The van der Waals surface area contributed by atoms with Crippen molar-refractivity contribution in [3.8, 4) is 0 Å². The van der Waals surface area contributed by atoms with Gasteiger partial charge in [-0.2, -0.15) is 0 Å². The average molecular weight is 620 g/mol. The zero-order valence-corrected chi connectivity index (χ0v) is 26.2. The van der Waals surface area contributed by atoms with Crippen molar-refractivity contribution in [1.29, 1.82) is 0 Å². The van der Waals surface area contributed by atoms with Crippen molar-refractivity contribution in [2.45, 2.75) is 59.5 Å². The van der Waals surface area contributed by atoms with Crippen LogP contribution in [0.25, 0.3) is 43.6 Å². The SMILES string of the molecule is CCn1c2ccc(C(C)C(=NOC(C)=O)C(C)c3ccc4c(c3)c3cc([N+](=O)[O-])ccc3n4CC)cc2c2cc([N+](=O)[O-])ccc21. The number of hydrogen-bond donors (Lipinski definition) is 0. The number of nitrogens with zero attached hydrogens (tertiary/aromatic N) is 5. The van der Waals surface area contributed by atoms with E-state index < -0.39 is 5.97 Å². The van der Waals surface area contributed by atoms with E-state index in [1.54, 1.807) is 24.3 Å². The molecule has 2 atom stereocenters. The molecule has 11 nitrogen and oxygen atoms in total. The highest BCUT2D eigenvalue weighted by molar-refractivity contribution is 6.11. The van der Waals surface area contributed by atoms with E-state index in [0.717, 1.165) is 54.7 Å². The largest absolute Gasteiger partial charge is 0.341 e. The summed E-state index contributed by atoms with van der Waals surface area (Å²) in [5.41, 5.74) is 6.24. The fourth-order valence-electron chi connectivity index (χ4n) is 6.66. The van der Waals surface area contributed by atoms with Crippen LogP contribution in [0.4, 0.5) is 11.4 Å². The van der Waals surface area contributed by atoms with Gasteiger partial charge in [0.05, 0.1) is 15.6 Å². The summed E-state index contributed by atoms with van der Waals surface area (Å²) in [6.45, 7) is 10.8. The predicted molar refractivity (Wildman–Crippen MR) is 180 cm³/mol. The summed E-state index contributed by atoms with van der Waals surface area (Å²) < 4.78 is 4.26. The summed E-state index contributed by atoms with van der Waals surface area (Å²) in [6.07, 6.45) is 0. The van der Waals surface area contributed by atoms with Crippen LogP contribution in [0.3, 0.4) is 0 Å². The van der Waals surface area contributed by atoms with Gasteiger partial charge in [-0.25, -0.2) is 4.79 Å². The molecule has 0 radical (unpaired) electrons. The maximum absolute atomic E-state index is 11.9. The molecule has 6 aromatic rings. The highest BCUT2D eigenvalue weighted by Crippen LogP contribution is 2.38. The van der Waals surface area contributed by atoms with Gasteiger partial charge >= 0.3 is 5.97 Å². The molecule has 0 N–H and O–H groups in total. The zero-order chi connectivity index (χ0) is 32.9. The third-order valence-electron chi connectivity index (χ3n) is 8.97. The van der Waals surface area contributed by atoms with Gasteiger partial charge in [0, 0.05) is 99.7 Å². The van der Waals surface area contributed by atoms with Crippen LogP contribution >= 0.6 is 0 Å². The lowest BCUT2D eigenvalue weighted by atomic mass is 9.84. The molecule has 0 bridgehead atoms. The van der Waals surface area contributed by atoms with Gasteiger partial charge in [0.1, 0.15) is 0 Å². The summed E-state index contributed by atoms with van der Waals surface area (Å²) in [7, 11) is 0. The first-order chi connectivity index (χ1) is 22.0. The van der Waals surface area contributed by atoms with Gasteiger partial charge in [0.15, 0.2) is 0 Å². The van der Waals surface area contributed by atoms with Crippen LogP contribution < -0.4 is 0 Å². The second-order valence-electron chi connectivity index (χ2n) is 11.5. The van der Waals surface area contributed by atoms with Crippen LogP contribution in [-0.4, -0.2) is 30.7 Å². The lowest BCUT2D eigenvalue weighted by Gasteiger charge is -2.21. The topological polar surface area (TPSA) is 135 Å². The molecule has 0 saturated carbocycles. The number of benzene rings is 4. The molecule has 2 heterocycles. The Bertz CT molecular complexity index is 2100. The van der Waals surface area contributed by atoms with E-state index in [2.05, 4.69) is 14.3 Å². The number of hydrogen-bond acceptors (Lipinski definition) is 7. The lowest BCUT2D eigenvalue weighted by molar-refractivity contribution is -0.384. The molecule has 0 aliphatic heterocycles. The molecule has 0 saturated heterocycles. The van der Waals surface area contributed by atoms with Crippen LogP contribution in [0.15, 0.2) is 78.0 Å². The quantitative estimate of drug-likeness (QED) is 0.0688. The second-order valence-corrected chi connectivity index (χ2v) is 11.5. The Kier molecular flexibility index (Phi) is 7.77. The van der Waals surface area contributed by atoms with Gasteiger partial charge in [-0.15, -0.1) is 0 Å². The predicted octanol–water partition coefficient (Wildman–Crippen LogP) is 8.58. The van der Waals surface area contributed by atoms with Crippen molar-refractivity contribution in [1.82, 2.24) is 9.13 Å². The molecular weight excluding hydrogens is 586 g/mol. The molecule has 0 aliphatic rings. The van der Waals surface area contributed by atoms with Crippen LogP contribution in [0, 0.1) is 20.2 Å². The van der Waals surface area contributed by atoms with Crippen molar-refractivity contribution in [2.24, 2.45) is 5.16 Å². The molecule has 2 unspecified atom stereocenters. The Morgan fingerprint density at radius 2 is 1.07 bits per heavy atom. The van der Waals surface area contributed by atoms with Crippen molar-refractivity contribution in [3.63, 3.8) is 0 Å². The summed E-state index contributed by atoms with van der Waals surface area (Å²) >= 11 is 0. The number of carbonyl (C=O) groups excluding carboxylic acids is 1. The van der Waals surface area contributed by atoms with E-state index >= 15 is 0 Å². The summed E-state index contributed by atoms with van der Waals surface area (Å²) in [5.74, 6) is -1.14. The Morgan fingerprint density at radius 1 is 0.696 bits per heavy atom. The molecule has 2 aromatic heterocycles. The van der Waals surface area contributed by atoms with E-state index in [-0.39, 0.29) is 33.1 Å². The standard InChI is InChI=1S/C35H33N5O6/c1-6-37-31-12-8-23(16-27(31)29-18-25(39(42)43)10-14-33(29)37)20(3)35(36-46-22(5)41)21(4)24-9-13-32-28(17-24)30-19-26(40(44)45)11-15-34(30)38(32)7-2/h8-21H,6-7H2,1-5H3. The van der Waals surface area contributed by atoms with Crippen LogP contribution in [0.1, 0.15) is 57.6 Å². The smallest absolute Gasteiger partial charge is 0.331 e. The zero-order valence-electron chi connectivity index (χ0n) is 26.2. The van der Waals surface area contributed by atoms with Crippen LogP contribution in [0.2, 0.25) is 0 Å². The Balaban J connectivity index is 1.48. The van der Waals surface area contributed by atoms with Gasteiger partial charge < -0.3 is 14.0 Å². The molecule has 0 spiro atoms. The minimum Gasteiger partial charge on any atom is -0.341 e. The number of nitro groups is 2.